The summed E-state index contributed by atoms with van der Waals surface area (Å²) in [4.78, 5) is 27.2. The van der Waals surface area contributed by atoms with Crippen molar-refractivity contribution in [1.82, 2.24) is 14.2 Å². The number of alkyl halides is 3. The van der Waals surface area contributed by atoms with E-state index in [1.165, 1.54) is 6.07 Å². The predicted octanol–water partition coefficient (Wildman–Crippen LogP) is -0.00152. The highest BCUT2D eigenvalue weighted by atomic mass is 19.4. The third-order valence-corrected chi connectivity index (χ3v) is 2.53. The zero-order chi connectivity index (χ0) is 15.8. The van der Waals surface area contributed by atoms with E-state index in [1.54, 1.807) is 6.07 Å². The van der Waals surface area contributed by atoms with Gasteiger partial charge in [-0.3, -0.25) is 4.79 Å². The minimum atomic E-state index is -4.94. The van der Waals surface area contributed by atoms with Gasteiger partial charge in [0.1, 0.15) is 11.9 Å². The van der Waals surface area contributed by atoms with Gasteiger partial charge in [-0.25, -0.2) is 19.0 Å². The molecule has 0 spiro atoms. The van der Waals surface area contributed by atoms with Crippen LogP contribution in [0.3, 0.4) is 0 Å². The van der Waals surface area contributed by atoms with Gasteiger partial charge in [0.15, 0.2) is 5.69 Å². The van der Waals surface area contributed by atoms with E-state index in [0.717, 1.165) is 12.3 Å². The minimum absolute atomic E-state index is 0.159. The number of hydrogen-bond donors (Lipinski definition) is 1. The highest BCUT2D eigenvalue weighted by Gasteiger charge is 2.35. The van der Waals surface area contributed by atoms with Crippen molar-refractivity contribution in [2.24, 2.45) is 0 Å². The average Bonchev–Trinajstić information content (AvgIpc) is 2.42. The first-order chi connectivity index (χ1) is 9.75. The normalized spacial score (nSPS) is 11.1. The first-order valence-corrected chi connectivity index (χ1v) is 5.33. The lowest BCUT2D eigenvalue weighted by Gasteiger charge is -2.12. The largest absolute Gasteiger partial charge is 0.433 e. The first kappa shape index (κ1) is 14.3. The fraction of sp³-hybridized carbons (Fsp3) is 0.0909. The average molecular weight is 297 g/mol. The van der Waals surface area contributed by atoms with Crippen LogP contribution in [0.25, 0.3) is 5.82 Å². The van der Waals surface area contributed by atoms with Crippen molar-refractivity contribution in [2.75, 3.05) is 5.84 Å². The SMILES string of the molecule is N#Cc1ccc(-n2c(=O)cc(C(F)(F)F)n(N)c2=O)nc1. The van der Waals surface area contributed by atoms with Gasteiger partial charge >= 0.3 is 11.9 Å². The van der Waals surface area contributed by atoms with Gasteiger partial charge in [-0.05, 0) is 12.1 Å². The van der Waals surface area contributed by atoms with Crippen molar-refractivity contribution >= 4 is 0 Å². The molecule has 0 aromatic carbocycles. The summed E-state index contributed by atoms with van der Waals surface area (Å²) in [6.45, 7) is 0. The zero-order valence-electron chi connectivity index (χ0n) is 10.1. The molecule has 0 saturated heterocycles. The van der Waals surface area contributed by atoms with Crippen LogP contribution in [0.15, 0.2) is 34.0 Å². The molecular weight excluding hydrogens is 291 g/mol. The molecule has 0 saturated carbocycles. The fourth-order valence-electron chi connectivity index (χ4n) is 1.57. The lowest BCUT2D eigenvalue weighted by Crippen LogP contribution is -2.45. The molecule has 108 valence electrons. The monoisotopic (exact) mass is 297 g/mol. The van der Waals surface area contributed by atoms with Gasteiger partial charge < -0.3 is 5.84 Å². The van der Waals surface area contributed by atoms with Crippen LogP contribution < -0.4 is 17.1 Å². The summed E-state index contributed by atoms with van der Waals surface area (Å²) in [6.07, 6.45) is -3.87. The number of pyridine rings is 1. The quantitative estimate of drug-likeness (QED) is 0.745. The summed E-state index contributed by atoms with van der Waals surface area (Å²) in [6, 6.07) is 4.37. The van der Waals surface area contributed by atoms with Crippen molar-refractivity contribution in [3.63, 3.8) is 0 Å². The van der Waals surface area contributed by atoms with Crippen LogP contribution >= 0.6 is 0 Å². The Morgan fingerprint density at radius 1 is 1.29 bits per heavy atom. The van der Waals surface area contributed by atoms with E-state index in [9.17, 15) is 22.8 Å². The maximum Gasteiger partial charge on any atom is 0.433 e. The number of halogens is 3. The first-order valence-electron chi connectivity index (χ1n) is 5.33. The molecule has 21 heavy (non-hydrogen) atoms. The summed E-state index contributed by atoms with van der Waals surface area (Å²) in [7, 11) is 0. The Balaban J connectivity index is 2.72. The van der Waals surface area contributed by atoms with Crippen LogP contribution in [0.1, 0.15) is 11.3 Å². The molecule has 0 amide bonds. The molecule has 0 fully saturated rings. The molecule has 10 heteroatoms. The molecule has 2 aromatic rings. The van der Waals surface area contributed by atoms with Crippen molar-refractivity contribution < 1.29 is 13.2 Å². The number of hydrogen-bond acceptors (Lipinski definition) is 5. The number of rotatable bonds is 1. The van der Waals surface area contributed by atoms with E-state index < -0.39 is 23.1 Å². The highest BCUT2D eigenvalue weighted by Crippen LogP contribution is 2.26. The van der Waals surface area contributed by atoms with Crippen molar-refractivity contribution in [2.45, 2.75) is 6.18 Å². The Labute approximate surface area is 114 Å². The molecular formula is C11H6F3N5O2. The van der Waals surface area contributed by atoms with Gasteiger partial charge in [0.25, 0.3) is 5.56 Å². The molecule has 0 aliphatic heterocycles. The van der Waals surface area contributed by atoms with E-state index in [1.807, 2.05) is 0 Å². The summed E-state index contributed by atoms with van der Waals surface area (Å²) in [5, 5.41) is 8.61. The Kier molecular flexibility index (Phi) is 3.26. The van der Waals surface area contributed by atoms with Crippen LogP contribution in [-0.2, 0) is 6.18 Å². The molecule has 2 aromatic heterocycles. The number of nitriles is 1. The van der Waals surface area contributed by atoms with Gasteiger partial charge in [0.05, 0.1) is 5.56 Å². The maximum absolute atomic E-state index is 12.6. The summed E-state index contributed by atoms with van der Waals surface area (Å²) >= 11 is 0. The molecule has 0 aliphatic rings. The summed E-state index contributed by atoms with van der Waals surface area (Å²) in [5.74, 6) is 4.84. The van der Waals surface area contributed by atoms with E-state index in [-0.39, 0.29) is 22.1 Å². The van der Waals surface area contributed by atoms with E-state index in [2.05, 4.69) is 4.98 Å². The van der Waals surface area contributed by atoms with E-state index in [4.69, 9.17) is 11.1 Å². The van der Waals surface area contributed by atoms with Gasteiger partial charge in [0, 0.05) is 12.3 Å². The Morgan fingerprint density at radius 2 is 1.95 bits per heavy atom. The maximum atomic E-state index is 12.6. The molecule has 0 atom stereocenters. The second-order valence-electron chi connectivity index (χ2n) is 3.87. The molecule has 2 heterocycles. The summed E-state index contributed by atoms with van der Waals surface area (Å²) < 4.78 is 38.0. The standard InChI is InChI=1S/C11H6F3N5O2/c12-11(13,14)7-3-9(20)18(10(21)19(7)16)8-2-1-6(4-15)5-17-8/h1-3,5H,16H2. The highest BCUT2D eigenvalue weighted by molar-refractivity contribution is 5.32. The number of nitrogens with two attached hydrogens (primary N) is 1. The van der Waals surface area contributed by atoms with Crippen LogP contribution in [-0.4, -0.2) is 14.2 Å². The minimum Gasteiger partial charge on any atom is -0.335 e. The Hall–Kier alpha value is -3.09. The smallest absolute Gasteiger partial charge is 0.335 e. The second kappa shape index (κ2) is 4.78. The van der Waals surface area contributed by atoms with Gasteiger partial charge in [0.2, 0.25) is 0 Å². The van der Waals surface area contributed by atoms with Crippen molar-refractivity contribution in [3.8, 4) is 11.9 Å². The third-order valence-electron chi connectivity index (χ3n) is 2.53. The Morgan fingerprint density at radius 3 is 2.43 bits per heavy atom. The van der Waals surface area contributed by atoms with Crippen LogP contribution in [0.2, 0.25) is 0 Å². The van der Waals surface area contributed by atoms with Crippen molar-refractivity contribution in [1.29, 1.82) is 5.26 Å². The molecule has 0 unspecified atom stereocenters. The number of nitrogen functional groups attached to an aromatic ring is 1. The van der Waals surface area contributed by atoms with E-state index >= 15 is 0 Å². The second-order valence-corrected chi connectivity index (χ2v) is 3.87. The van der Waals surface area contributed by atoms with Gasteiger partial charge in [-0.15, -0.1) is 0 Å². The zero-order valence-corrected chi connectivity index (χ0v) is 10.1. The molecule has 0 bridgehead atoms. The van der Waals surface area contributed by atoms with Crippen LogP contribution in [0, 0.1) is 11.3 Å². The van der Waals surface area contributed by atoms with Gasteiger partial charge in [-0.2, -0.15) is 18.4 Å². The molecule has 0 radical (unpaired) electrons. The number of nitrogens with zero attached hydrogens (tertiary/aromatic N) is 4. The van der Waals surface area contributed by atoms with Gasteiger partial charge in [-0.1, -0.05) is 0 Å². The number of aromatic nitrogens is 3. The molecule has 0 aliphatic carbocycles. The van der Waals surface area contributed by atoms with E-state index in [0.29, 0.717) is 4.57 Å². The lowest BCUT2D eigenvalue weighted by molar-refractivity contribution is -0.143. The molecule has 7 nitrogen and oxygen atoms in total. The fourth-order valence-corrected chi connectivity index (χ4v) is 1.57. The predicted molar refractivity (Wildman–Crippen MR) is 64.0 cm³/mol. The van der Waals surface area contributed by atoms with Crippen LogP contribution in [0.5, 0.6) is 0 Å². The molecule has 2 N–H and O–H groups in total. The Bertz CT molecular complexity index is 843. The van der Waals surface area contributed by atoms with Crippen LogP contribution in [0.4, 0.5) is 13.2 Å². The van der Waals surface area contributed by atoms with Crippen molar-refractivity contribution in [3.05, 3.63) is 56.5 Å². The lowest BCUT2D eigenvalue weighted by atomic mass is 10.3. The molecule has 2 rings (SSSR count). The third kappa shape index (κ3) is 2.48. The summed E-state index contributed by atoms with van der Waals surface area (Å²) in [5.41, 5.74) is -4.03. The topological polar surface area (TPSA) is 107 Å².